The van der Waals surface area contributed by atoms with E-state index in [0.29, 0.717) is 33.0 Å². The zero-order chi connectivity index (χ0) is 20.1. The molecular formula is C22H14ClN4O-. The van der Waals surface area contributed by atoms with Gasteiger partial charge >= 0.3 is 0 Å². The first-order valence-corrected chi connectivity index (χ1v) is 8.77. The van der Waals surface area contributed by atoms with Crippen LogP contribution in [0.5, 0.6) is 0 Å². The Morgan fingerprint density at radius 2 is 1.82 bits per heavy atom. The summed E-state index contributed by atoms with van der Waals surface area (Å²) in [5.41, 5.74) is 3.42. The first-order valence-electron chi connectivity index (χ1n) is 8.39. The molecule has 0 bridgehead atoms. The molecule has 136 valence electrons. The topological polar surface area (TPSA) is 95.9 Å². The van der Waals surface area contributed by atoms with Crippen LogP contribution in [0.2, 0.25) is 5.02 Å². The lowest BCUT2D eigenvalue weighted by Gasteiger charge is -2.19. The monoisotopic (exact) mass is 385 g/mol. The lowest BCUT2D eigenvalue weighted by molar-refractivity contribution is -0.213. The number of aliphatic imine (C=N–C) groups is 1. The number of rotatable bonds is 4. The van der Waals surface area contributed by atoms with Gasteiger partial charge in [0.05, 0.1) is 34.0 Å². The van der Waals surface area contributed by atoms with Crippen LogP contribution in [0.4, 0.5) is 0 Å². The summed E-state index contributed by atoms with van der Waals surface area (Å²) in [4.78, 5) is 8.66. The number of aryl methyl sites for hydroxylation is 1. The van der Waals surface area contributed by atoms with E-state index in [-0.39, 0.29) is 0 Å². The van der Waals surface area contributed by atoms with Crippen LogP contribution in [0.3, 0.4) is 0 Å². The summed E-state index contributed by atoms with van der Waals surface area (Å²) >= 11 is 5.93. The Morgan fingerprint density at radius 1 is 1.07 bits per heavy atom. The van der Waals surface area contributed by atoms with E-state index >= 15 is 0 Å². The van der Waals surface area contributed by atoms with Gasteiger partial charge in [-0.3, -0.25) is 9.98 Å². The summed E-state index contributed by atoms with van der Waals surface area (Å²) in [7, 11) is 0. The van der Waals surface area contributed by atoms with Gasteiger partial charge in [0.2, 0.25) is 0 Å². The maximum atomic E-state index is 12.8. The number of nitriles is 2. The highest BCUT2D eigenvalue weighted by atomic mass is 35.5. The highest BCUT2D eigenvalue weighted by Gasteiger charge is 2.15. The molecule has 0 saturated heterocycles. The Bertz CT molecular complexity index is 1110. The predicted molar refractivity (Wildman–Crippen MR) is 105 cm³/mol. The fraction of sp³-hybridized carbons (Fsp3) is 0.0909. The van der Waals surface area contributed by atoms with Crippen molar-refractivity contribution in [2.45, 2.75) is 13.0 Å². The lowest BCUT2D eigenvalue weighted by atomic mass is 10.0. The van der Waals surface area contributed by atoms with E-state index in [1.54, 1.807) is 61.5 Å². The Kier molecular flexibility index (Phi) is 5.69. The van der Waals surface area contributed by atoms with Crippen LogP contribution < -0.4 is 5.11 Å². The second-order valence-electron chi connectivity index (χ2n) is 6.11. The van der Waals surface area contributed by atoms with Crippen molar-refractivity contribution in [3.05, 3.63) is 99.3 Å². The Balaban J connectivity index is 2.06. The van der Waals surface area contributed by atoms with Crippen LogP contribution in [-0.2, 0) is 0 Å². The molecule has 1 heterocycles. The third-order valence-electron chi connectivity index (χ3n) is 4.23. The minimum atomic E-state index is -0.645. The van der Waals surface area contributed by atoms with Gasteiger partial charge in [0.1, 0.15) is 6.04 Å². The van der Waals surface area contributed by atoms with Crippen molar-refractivity contribution in [1.29, 1.82) is 10.5 Å². The van der Waals surface area contributed by atoms with E-state index in [9.17, 15) is 5.11 Å². The van der Waals surface area contributed by atoms with Gasteiger partial charge in [-0.2, -0.15) is 10.5 Å². The zero-order valence-corrected chi connectivity index (χ0v) is 15.7. The second-order valence-corrected chi connectivity index (χ2v) is 6.55. The highest BCUT2D eigenvalue weighted by molar-refractivity contribution is 6.30. The second kappa shape index (κ2) is 8.35. The van der Waals surface area contributed by atoms with Crippen LogP contribution in [0.1, 0.15) is 39.6 Å². The number of aromatic nitrogens is 1. The summed E-state index contributed by atoms with van der Waals surface area (Å²) in [5, 5.41) is 31.3. The first kappa shape index (κ1) is 19.1. The molecule has 3 rings (SSSR count). The number of pyridine rings is 1. The highest BCUT2D eigenvalue weighted by Crippen LogP contribution is 2.26. The largest absolute Gasteiger partial charge is 0.858 e. The molecule has 0 amide bonds. The van der Waals surface area contributed by atoms with Gasteiger partial charge in [-0.15, -0.1) is 0 Å². The molecule has 5 nitrogen and oxygen atoms in total. The van der Waals surface area contributed by atoms with Crippen molar-refractivity contribution >= 4 is 17.5 Å². The number of halogens is 1. The van der Waals surface area contributed by atoms with Gasteiger partial charge in [-0.25, -0.2) is 0 Å². The average Bonchev–Trinajstić information content (AvgIpc) is 2.72. The first-order chi connectivity index (χ1) is 13.5. The van der Waals surface area contributed by atoms with Crippen LogP contribution in [0.15, 0.2) is 65.8 Å². The molecule has 1 unspecified atom stereocenters. The van der Waals surface area contributed by atoms with Crippen molar-refractivity contribution in [3.8, 4) is 12.1 Å². The van der Waals surface area contributed by atoms with Gasteiger partial charge in [-0.1, -0.05) is 29.8 Å². The summed E-state index contributed by atoms with van der Waals surface area (Å²) in [5.74, 6) is -0.418. The van der Waals surface area contributed by atoms with Gasteiger partial charge in [-0.05, 0) is 65.9 Å². The molecular weight excluding hydrogens is 372 g/mol. The SMILES string of the molecule is Cc1cc(C([O-])=NC(c2ccc(C#N)cc2)c2ccc(Cl)cn2)ccc1C#N. The van der Waals surface area contributed by atoms with Gasteiger partial charge < -0.3 is 5.11 Å². The fourth-order valence-corrected chi connectivity index (χ4v) is 2.83. The maximum absolute atomic E-state index is 12.8. The molecule has 0 aliphatic heterocycles. The molecule has 2 aromatic carbocycles. The Labute approximate surface area is 167 Å². The van der Waals surface area contributed by atoms with Crippen molar-refractivity contribution in [1.82, 2.24) is 4.98 Å². The summed E-state index contributed by atoms with van der Waals surface area (Å²) in [6.45, 7) is 1.77. The molecule has 0 saturated carbocycles. The minimum Gasteiger partial charge on any atom is -0.858 e. The fourth-order valence-electron chi connectivity index (χ4n) is 2.71. The molecule has 0 aliphatic carbocycles. The molecule has 1 aromatic heterocycles. The number of benzene rings is 2. The summed E-state index contributed by atoms with van der Waals surface area (Å²) in [6, 6.07) is 18.6. The van der Waals surface area contributed by atoms with E-state index in [1.807, 2.05) is 0 Å². The van der Waals surface area contributed by atoms with E-state index in [1.165, 1.54) is 6.20 Å². The molecule has 0 N–H and O–H groups in total. The van der Waals surface area contributed by atoms with Gasteiger partial charge in [0.25, 0.3) is 0 Å². The van der Waals surface area contributed by atoms with E-state index in [2.05, 4.69) is 22.1 Å². The van der Waals surface area contributed by atoms with Gasteiger partial charge in [0.15, 0.2) is 0 Å². The molecule has 0 fully saturated rings. The molecule has 6 heteroatoms. The summed E-state index contributed by atoms with van der Waals surface area (Å²) in [6.07, 6.45) is 1.50. The molecule has 0 spiro atoms. The molecule has 1 atom stereocenters. The standard InChI is InChI=1S/C22H15ClN4O/c1-14-10-17(6-7-18(14)12-25)22(28)27-21(20-9-8-19(23)13-26-20)16-4-2-15(11-24)3-5-16/h2-10,13,21H,1H3,(H,27,28)/p-1. The van der Waals surface area contributed by atoms with Crippen LogP contribution >= 0.6 is 11.6 Å². The zero-order valence-electron chi connectivity index (χ0n) is 14.9. The van der Waals surface area contributed by atoms with E-state index in [0.717, 1.165) is 5.56 Å². The lowest BCUT2D eigenvalue weighted by Crippen LogP contribution is -2.21. The summed E-state index contributed by atoms with van der Waals surface area (Å²) < 4.78 is 0. The van der Waals surface area contributed by atoms with Crippen molar-refractivity contribution in [2.75, 3.05) is 0 Å². The predicted octanol–water partition coefficient (Wildman–Crippen LogP) is 3.68. The van der Waals surface area contributed by atoms with Gasteiger partial charge in [0, 0.05) is 6.20 Å². The van der Waals surface area contributed by atoms with Crippen LogP contribution in [0, 0.1) is 29.6 Å². The molecule has 28 heavy (non-hydrogen) atoms. The van der Waals surface area contributed by atoms with E-state index < -0.39 is 11.9 Å². The third-order valence-corrected chi connectivity index (χ3v) is 4.45. The number of nitrogens with zero attached hydrogens (tertiary/aromatic N) is 4. The van der Waals surface area contributed by atoms with Crippen molar-refractivity contribution < 1.29 is 5.11 Å². The normalized spacial score (nSPS) is 12.1. The van der Waals surface area contributed by atoms with Crippen LogP contribution in [-0.4, -0.2) is 10.9 Å². The Morgan fingerprint density at radius 3 is 2.39 bits per heavy atom. The molecule has 3 aromatic rings. The van der Waals surface area contributed by atoms with E-state index in [4.69, 9.17) is 22.1 Å². The molecule has 0 aliphatic rings. The third kappa shape index (κ3) is 4.17. The maximum Gasteiger partial charge on any atom is 0.116 e. The number of hydrogen-bond acceptors (Lipinski definition) is 5. The molecule has 0 radical (unpaired) electrons. The smallest absolute Gasteiger partial charge is 0.116 e. The van der Waals surface area contributed by atoms with Crippen LogP contribution in [0.25, 0.3) is 0 Å². The Hall–Kier alpha value is -3.67. The van der Waals surface area contributed by atoms with Crippen molar-refractivity contribution in [2.24, 2.45) is 4.99 Å². The average molecular weight is 386 g/mol. The number of hydrogen-bond donors (Lipinski definition) is 0. The minimum absolute atomic E-state index is 0.393. The quantitative estimate of drug-likeness (QED) is 0.505. The van der Waals surface area contributed by atoms with Crippen molar-refractivity contribution in [3.63, 3.8) is 0 Å².